The van der Waals surface area contributed by atoms with Crippen LogP contribution in [0.5, 0.6) is 0 Å². The molecule has 4 heteroatoms. The number of amides is 1. The minimum absolute atomic E-state index is 0.108. The molecule has 2 aromatic rings. The number of fused-ring (bicyclic) bond motifs is 2. The van der Waals surface area contributed by atoms with Crippen molar-refractivity contribution in [2.45, 2.75) is 32.6 Å². The van der Waals surface area contributed by atoms with E-state index in [9.17, 15) is 9.18 Å². The highest BCUT2D eigenvalue weighted by Gasteiger charge is 2.23. The predicted octanol–water partition coefficient (Wildman–Crippen LogP) is 3.00. The summed E-state index contributed by atoms with van der Waals surface area (Å²) in [5.41, 5.74) is 3.31. The van der Waals surface area contributed by atoms with E-state index in [0.29, 0.717) is 23.0 Å². The van der Waals surface area contributed by atoms with E-state index in [1.807, 2.05) is 6.92 Å². The van der Waals surface area contributed by atoms with Crippen LogP contribution in [0.2, 0.25) is 0 Å². The third-order valence-corrected chi connectivity index (χ3v) is 3.74. The molecule has 1 aliphatic carbocycles. The van der Waals surface area contributed by atoms with Crippen LogP contribution in [0, 0.1) is 5.82 Å². The molecule has 0 unspecified atom stereocenters. The highest BCUT2D eigenvalue weighted by Crippen LogP contribution is 2.30. The van der Waals surface area contributed by atoms with Gasteiger partial charge in [0.05, 0.1) is 11.1 Å². The van der Waals surface area contributed by atoms with Gasteiger partial charge in [0.25, 0.3) is 5.91 Å². The zero-order valence-electron chi connectivity index (χ0n) is 11.5. The first-order valence-electron chi connectivity index (χ1n) is 7.10. The van der Waals surface area contributed by atoms with Crippen LogP contribution in [-0.2, 0) is 12.8 Å². The van der Waals surface area contributed by atoms with Crippen molar-refractivity contribution in [3.63, 3.8) is 0 Å². The van der Waals surface area contributed by atoms with Gasteiger partial charge in [-0.25, -0.2) is 4.39 Å². The first-order chi connectivity index (χ1) is 9.70. The van der Waals surface area contributed by atoms with Gasteiger partial charge in [0, 0.05) is 17.6 Å². The van der Waals surface area contributed by atoms with Crippen molar-refractivity contribution in [2.75, 3.05) is 6.54 Å². The summed E-state index contributed by atoms with van der Waals surface area (Å²) >= 11 is 0. The summed E-state index contributed by atoms with van der Waals surface area (Å²) in [5.74, 6) is -0.440. The Kier molecular flexibility index (Phi) is 3.38. The van der Waals surface area contributed by atoms with Gasteiger partial charge in [-0.1, -0.05) is 6.92 Å². The van der Waals surface area contributed by atoms with Gasteiger partial charge in [0.1, 0.15) is 5.82 Å². The summed E-state index contributed by atoms with van der Waals surface area (Å²) in [6.45, 7) is 2.64. The molecule has 1 aromatic heterocycles. The zero-order valence-corrected chi connectivity index (χ0v) is 11.5. The molecule has 104 valence electrons. The van der Waals surface area contributed by atoms with E-state index >= 15 is 0 Å². The monoisotopic (exact) mass is 272 g/mol. The summed E-state index contributed by atoms with van der Waals surface area (Å²) in [6.07, 6.45) is 3.64. The molecule has 0 radical (unpaired) electrons. The number of hydrogen-bond acceptors (Lipinski definition) is 2. The number of nitrogens with one attached hydrogen (secondary N) is 1. The molecule has 20 heavy (non-hydrogen) atoms. The van der Waals surface area contributed by atoms with Crippen LogP contribution in [0.3, 0.4) is 0 Å². The molecule has 1 aromatic carbocycles. The summed E-state index contributed by atoms with van der Waals surface area (Å²) < 4.78 is 13.5. The molecular formula is C16H17FN2O. The Bertz CT molecular complexity index is 682. The maximum atomic E-state index is 13.5. The first-order valence-corrected chi connectivity index (χ1v) is 7.10. The maximum Gasteiger partial charge on any atom is 0.252 e. The van der Waals surface area contributed by atoms with Gasteiger partial charge < -0.3 is 5.32 Å². The van der Waals surface area contributed by atoms with Crippen molar-refractivity contribution in [3.8, 4) is 0 Å². The number of halogens is 1. The molecule has 1 heterocycles. The highest BCUT2D eigenvalue weighted by molar-refractivity contribution is 6.07. The lowest BCUT2D eigenvalue weighted by Gasteiger charge is -2.12. The molecular weight excluding hydrogens is 255 g/mol. The van der Waals surface area contributed by atoms with Gasteiger partial charge in [-0.15, -0.1) is 0 Å². The van der Waals surface area contributed by atoms with Crippen LogP contribution < -0.4 is 5.32 Å². The van der Waals surface area contributed by atoms with Gasteiger partial charge in [-0.2, -0.15) is 0 Å². The normalized spacial score (nSPS) is 13.5. The minimum atomic E-state index is -0.332. The van der Waals surface area contributed by atoms with Crippen molar-refractivity contribution < 1.29 is 9.18 Å². The van der Waals surface area contributed by atoms with Crippen molar-refractivity contribution in [1.29, 1.82) is 0 Å². The van der Waals surface area contributed by atoms with Crippen LogP contribution in [0.4, 0.5) is 4.39 Å². The topological polar surface area (TPSA) is 42.0 Å². The smallest absolute Gasteiger partial charge is 0.252 e. The fraction of sp³-hybridized carbons (Fsp3) is 0.375. The standard InChI is InChI=1S/C16H17FN2O/c1-2-8-18-16(20)15-11-4-3-5-13(11)19-14-7-6-10(17)9-12(14)15/h6-7,9H,2-5,8H2,1H3,(H,18,20). The number of nitrogens with zero attached hydrogens (tertiary/aromatic N) is 1. The molecule has 3 rings (SSSR count). The third kappa shape index (κ3) is 2.15. The molecule has 0 atom stereocenters. The Morgan fingerprint density at radius 1 is 1.40 bits per heavy atom. The van der Waals surface area contributed by atoms with Gasteiger partial charge in [-0.3, -0.25) is 9.78 Å². The fourth-order valence-corrected chi connectivity index (χ4v) is 2.82. The van der Waals surface area contributed by atoms with Crippen molar-refractivity contribution >= 4 is 16.8 Å². The van der Waals surface area contributed by atoms with E-state index in [-0.39, 0.29) is 11.7 Å². The van der Waals surface area contributed by atoms with E-state index < -0.39 is 0 Å². The van der Waals surface area contributed by atoms with Crippen LogP contribution in [0.25, 0.3) is 10.9 Å². The van der Waals surface area contributed by atoms with Crippen LogP contribution in [-0.4, -0.2) is 17.4 Å². The predicted molar refractivity (Wildman–Crippen MR) is 76.4 cm³/mol. The molecule has 1 N–H and O–H groups in total. The van der Waals surface area contributed by atoms with Crippen LogP contribution in [0.1, 0.15) is 41.4 Å². The van der Waals surface area contributed by atoms with E-state index in [0.717, 1.165) is 36.9 Å². The summed E-state index contributed by atoms with van der Waals surface area (Å²) in [6, 6.07) is 4.46. The molecule has 0 saturated carbocycles. The maximum absolute atomic E-state index is 13.5. The molecule has 0 fully saturated rings. The summed E-state index contributed by atoms with van der Waals surface area (Å²) in [5, 5.41) is 3.53. The largest absolute Gasteiger partial charge is 0.352 e. The Balaban J connectivity index is 2.20. The molecule has 3 nitrogen and oxygen atoms in total. The number of pyridine rings is 1. The number of aromatic nitrogens is 1. The summed E-state index contributed by atoms with van der Waals surface area (Å²) in [7, 11) is 0. The Labute approximate surface area is 117 Å². The van der Waals surface area contributed by atoms with Gasteiger partial charge in [-0.05, 0) is 49.4 Å². The van der Waals surface area contributed by atoms with Gasteiger partial charge in [0.2, 0.25) is 0 Å². The van der Waals surface area contributed by atoms with Crippen molar-refractivity contribution in [3.05, 3.63) is 40.8 Å². The molecule has 0 aliphatic heterocycles. The molecule has 0 bridgehead atoms. The highest BCUT2D eigenvalue weighted by atomic mass is 19.1. The van der Waals surface area contributed by atoms with E-state index in [1.165, 1.54) is 12.1 Å². The number of benzene rings is 1. The second kappa shape index (κ2) is 5.19. The number of carbonyl (C=O) groups excluding carboxylic acids is 1. The average Bonchev–Trinajstić information content (AvgIpc) is 2.90. The number of rotatable bonds is 3. The number of carbonyl (C=O) groups is 1. The Morgan fingerprint density at radius 3 is 3.05 bits per heavy atom. The molecule has 0 saturated heterocycles. The molecule has 0 spiro atoms. The lowest BCUT2D eigenvalue weighted by Crippen LogP contribution is -2.25. The lowest BCUT2D eigenvalue weighted by atomic mass is 10.0. The molecule has 1 amide bonds. The number of aryl methyl sites for hydroxylation is 1. The third-order valence-electron chi connectivity index (χ3n) is 3.74. The fourth-order valence-electron chi connectivity index (χ4n) is 2.82. The first kappa shape index (κ1) is 13.0. The zero-order chi connectivity index (χ0) is 14.1. The quantitative estimate of drug-likeness (QED) is 0.933. The van der Waals surface area contributed by atoms with E-state index in [4.69, 9.17) is 0 Å². The van der Waals surface area contributed by atoms with Gasteiger partial charge >= 0.3 is 0 Å². The minimum Gasteiger partial charge on any atom is -0.352 e. The Morgan fingerprint density at radius 2 is 2.25 bits per heavy atom. The van der Waals surface area contributed by atoms with E-state index in [1.54, 1.807) is 6.07 Å². The second-order valence-electron chi connectivity index (χ2n) is 5.18. The lowest BCUT2D eigenvalue weighted by molar-refractivity contribution is 0.0954. The SMILES string of the molecule is CCCNC(=O)c1c2c(nc3ccc(F)cc13)CCC2. The van der Waals surface area contributed by atoms with Crippen molar-refractivity contribution in [2.24, 2.45) is 0 Å². The molecule has 1 aliphatic rings. The second-order valence-corrected chi connectivity index (χ2v) is 5.18. The Hall–Kier alpha value is -1.97. The van der Waals surface area contributed by atoms with Crippen molar-refractivity contribution in [1.82, 2.24) is 10.3 Å². The van der Waals surface area contributed by atoms with Crippen LogP contribution in [0.15, 0.2) is 18.2 Å². The van der Waals surface area contributed by atoms with Crippen LogP contribution >= 0.6 is 0 Å². The summed E-state index contributed by atoms with van der Waals surface area (Å²) in [4.78, 5) is 17.0. The number of hydrogen-bond donors (Lipinski definition) is 1. The van der Waals surface area contributed by atoms with Gasteiger partial charge in [0.15, 0.2) is 0 Å². The van der Waals surface area contributed by atoms with E-state index in [2.05, 4.69) is 10.3 Å². The average molecular weight is 272 g/mol.